The first-order valence-corrected chi connectivity index (χ1v) is 20.4. The van der Waals surface area contributed by atoms with Gasteiger partial charge in [0, 0.05) is 66.7 Å². The van der Waals surface area contributed by atoms with Crippen LogP contribution in [0, 0.1) is 0 Å². The number of allylic oxidation sites excluding steroid dienone is 4. The molecule has 5 rings (SSSR count). The molecule has 0 saturated carbocycles. The van der Waals surface area contributed by atoms with E-state index in [1.807, 2.05) is 50.3 Å². The van der Waals surface area contributed by atoms with E-state index in [0.717, 1.165) is 33.9 Å². The fourth-order valence-electron chi connectivity index (χ4n) is 7.24. The predicted octanol–water partition coefficient (Wildman–Crippen LogP) is 5.38. The number of carbonyl (C=O) groups is 3. The Kier molecular flexibility index (Phi) is 11.3. The van der Waals surface area contributed by atoms with Gasteiger partial charge in [-0.1, -0.05) is 44.5 Å². The molecular weight excluding hydrogens is 711 g/mol. The molecule has 3 heterocycles. The summed E-state index contributed by atoms with van der Waals surface area (Å²) < 4.78 is 68.0. The minimum Gasteiger partial charge on any atom is -0.344 e. The molecule has 0 spiro atoms. The number of nitrogens with zero attached hydrogens (tertiary/aromatic N) is 3. The number of benzene rings is 2. The Morgan fingerprint density at radius 2 is 1.58 bits per heavy atom. The van der Waals surface area contributed by atoms with Crippen molar-refractivity contribution in [3.63, 3.8) is 0 Å². The number of amides is 2. The number of rotatable bonds is 15. The molecule has 1 saturated heterocycles. The third-order valence-electron chi connectivity index (χ3n) is 9.96. The van der Waals surface area contributed by atoms with Crippen LogP contribution < -0.4 is 4.90 Å². The fourth-order valence-corrected chi connectivity index (χ4v) is 8.32. The molecular formula is C37H46N3O10S2+. The monoisotopic (exact) mass is 756 g/mol. The van der Waals surface area contributed by atoms with Gasteiger partial charge in [-0.2, -0.15) is 21.4 Å². The van der Waals surface area contributed by atoms with Crippen LogP contribution in [0.15, 0.2) is 71.3 Å². The topological polar surface area (TPSA) is 179 Å². The third-order valence-corrected chi connectivity index (χ3v) is 11.6. The molecule has 2 amide bonds. The first-order valence-electron chi connectivity index (χ1n) is 17.4. The number of unbranched alkanes of at least 4 members (excludes halogenated alkanes) is 3. The highest BCUT2D eigenvalue weighted by Crippen LogP contribution is 2.49. The van der Waals surface area contributed by atoms with Gasteiger partial charge in [0.1, 0.15) is 6.54 Å². The molecule has 15 heteroatoms. The van der Waals surface area contributed by atoms with Crippen molar-refractivity contribution in [1.29, 1.82) is 0 Å². The van der Waals surface area contributed by atoms with Crippen molar-refractivity contribution in [3.05, 3.63) is 77.5 Å². The maximum Gasteiger partial charge on any atom is 0.333 e. The summed E-state index contributed by atoms with van der Waals surface area (Å²) in [6.45, 7) is 9.32. The lowest BCUT2D eigenvalue weighted by Crippen LogP contribution is -2.32. The van der Waals surface area contributed by atoms with Crippen LogP contribution >= 0.6 is 0 Å². The zero-order valence-corrected chi connectivity index (χ0v) is 31.5. The van der Waals surface area contributed by atoms with E-state index in [-0.39, 0.29) is 35.3 Å². The van der Waals surface area contributed by atoms with E-state index in [1.54, 1.807) is 6.07 Å². The summed E-state index contributed by atoms with van der Waals surface area (Å²) in [6, 6.07) is 12.6. The van der Waals surface area contributed by atoms with E-state index in [1.165, 1.54) is 12.1 Å². The molecule has 0 bridgehead atoms. The first-order chi connectivity index (χ1) is 24.3. The smallest absolute Gasteiger partial charge is 0.333 e. The molecule has 2 aromatic carbocycles. The molecule has 52 heavy (non-hydrogen) atoms. The molecule has 3 aliphatic heterocycles. The van der Waals surface area contributed by atoms with E-state index in [2.05, 4.69) is 29.4 Å². The molecule has 3 aliphatic rings. The Balaban J connectivity index is 1.38. The van der Waals surface area contributed by atoms with Gasteiger partial charge in [0.05, 0.1) is 16.1 Å². The van der Waals surface area contributed by atoms with Crippen molar-refractivity contribution in [3.8, 4) is 0 Å². The molecule has 2 N–H and O–H groups in total. The maximum absolute atomic E-state index is 12.3. The fraction of sp³-hybridized carbons (Fsp3) is 0.459. The quantitative estimate of drug-likeness (QED) is 0.103. The third kappa shape index (κ3) is 8.38. The normalized spacial score (nSPS) is 18.9. The summed E-state index contributed by atoms with van der Waals surface area (Å²) in [6.07, 6.45) is 8.69. The number of anilines is 1. The molecule has 2 aromatic rings. The first kappa shape index (κ1) is 39.0. The van der Waals surface area contributed by atoms with Crippen LogP contribution in [0.2, 0.25) is 0 Å². The van der Waals surface area contributed by atoms with Gasteiger partial charge in [-0.25, -0.2) is 4.79 Å². The summed E-state index contributed by atoms with van der Waals surface area (Å²) in [4.78, 5) is 42.7. The summed E-state index contributed by atoms with van der Waals surface area (Å²) in [7, 11) is -8.50. The lowest BCUT2D eigenvalue weighted by Gasteiger charge is -2.27. The second kappa shape index (κ2) is 15.0. The summed E-state index contributed by atoms with van der Waals surface area (Å²) >= 11 is 0. The van der Waals surface area contributed by atoms with Crippen LogP contribution in [-0.4, -0.2) is 77.9 Å². The molecule has 0 aliphatic carbocycles. The lowest BCUT2D eigenvalue weighted by molar-refractivity contribution is -0.438. The van der Waals surface area contributed by atoms with Crippen molar-refractivity contribution in [2.45, 2.75) is 94.8 Å². The molecule has 1 fully saturated rings. The zero-order valence-electron chi connectivity index (χ0n) is 29.9. The average molecular weight is 757 g/mol. The van der Waals surface area contributed by atoms with E-state index in [0.29, 0.717) is 50.3 Å². The number of fused-ring (bicyclic) bond motifs is 2. The molecule has 0 atom stereocenters. The van der Waals surface area contributed by atoms with Crippen LogP contribution in [0.4, 0.5) is 11.4 Å². The molecule has 280 valence electrons. The average Bonchev–Trinajstić information content (AvgIpc) is 3.57. The van der Waals surface area contributed by atoms with Gasteiger partial charge in [-0.3, -0.25) is 18.7 Å². The van der Waals surface area contributed by atoms with Crippen molar-refractivity contribution in [1.82, 2.24) is 5.06 Å². The Morgan fingerprint density at radius 1 is 0.885 bits per heavy atom. The summed E-state index contributed by atoms with van der Waals surface area (Å²) in [5.74, 6) is -2.01. The number of para-hydroxylation sites is 1. The molecule has 13 nitrogen and oxygen atoms in total. The molecule has 0 unspecified atom stereocenters. The van der Waals surface area contributed by atoms with Crippen LogP contribution in [0.3, 0.4) is 0 Å². The summed E-state index contributed by atoms with van der Waals surface area (Å²) in [5, 5.41) is 0.545. The van der Waals surface area contributed by atoms with Gasteiger partial charge >= 0.3 is 5.97 Å². The van der Waals surface area contributed by atoms with Crippen LogP contribution in [0.1, 0.15) is 90.2 Å². The van der Waals surface area contributed by atoms with Crippen molar-refractivity contribution in [2.24, 2.45) is 0 Å². The van der Waals surface area contributed by atoms with Gasteiger partial charge in [-0.15, -0.1) is 5.06 Å². The highest BCUT2D eigenvalue weighted by atomic mass is 32.2. The van der Waals surface area contributed by atoms with E-state index >= 15 is 0 Å². The van der Waals surface area contributed by atoms with Gasteiger partial charge in [0.25, 0.3) is 32.1 Å². The predicted molar refractivity (Wildman–Crippen MR) is 194 cm³/mol. The number of imide groups is 1. The van der Waals surface area contributed by atoms with Crippen LogP contribution in [0.25, 0.3) is 0 Å². The van der Waals surface area contributed by atoms with Gasteiger partial charge in [0.2, 0.25) is 5.69 Å². The molecule has 0 radical (unpaired) electrons. The Bertz CT molecular complexity index is 2070. The van der Waals surface area contributed by atoms with E-state index in [4.69, 9.17) is 4.84 Å². The maximum atomic E-state index is 12.3. The van der Waals surface area contributed by atoms with Crippen LogP contribution in [-0.2, 0) is 50.3 Å². The van der Waals surface area contributed by atoms with E-state index < -0.39 is 43.4 Å². The summed E-state index contributed by atoms with van der Waals surface area (Å²) in [5.41, 5.74) is 4.56. The minimum atomic E-state index is -4.45. The van der Waals surface area contributed by atoms with E-state index in [9.17, 15) is 40.3 Å². The second-order valence-corrected chi connectivity index (χ2v) is 17.4. The van der Waals surface area contributed by atoms with Crippen molar-refractivity contribution < 1.29 is 49.7 Å². The SMILES string of the molecule is CC1(C)C(/C=C/C=C2/N(CCCCCC(=O)ON3C(=O)CCC3=O)c3ccc(S(=O)(=O)O)cc3C2(C)C)=[N+](CCCCS(=O)(=O)O)c2ccccc21. The standard InChI is InChI=1S/C37H45N3O10S2/c1-36(2)27-13-7-8-14-29(27)38(23-10-11-24-51(44,45)46)31(36)15-12-16-32-37(3,4)28-25-26(52(47,48)49)18-19-30(28)39(32)22-9-5-6-17-35(43)50-40-33(41)20-21-34(40)42/h7-8,12-16,18-19,25H,5-6,9-11,17,20-24H2,1-4H3,(H-,44,45,46,47,48,49)/p+1. The van der Waals surface area contributed by atoms with Crippen molar-refractivity contribution in [2.75, 3.05) is 23.7 Å². The number of hydrogen-bond acceptors (Lipinski definition) is 9. The Labute approximate surface area is 305 Å². The number of hydrogen-bond donors (Lipinski definition) is 2. The second-order valence-electron chi connectivity index (χ2n) is 14.4. The van der Waals surface area contributed by atoms with Gasteiger partial charge < -0.3 is 9.74 Å². The highest BCUT2D eigenvalue weighted by molar-refractivity contribution is 7.86. The molecule has 0 aromatic heterocycles. The van der Waals surface area contributed by atoms with Crippen molar-refractivity contribution >= 4 is 55.1 Å². The highest BCUT2D eigenvalue weighted by Gasteiger charge is 2.44. The largest absolute Gasteiger partial charge is 0.344 e. The Morgan fingerprint density at radius 3 is 2.25 bits per heavy atom. The number of carbonyl (C=O) groups excluding carboxylic acids is 3. The minimum absolute atomic E-state index is 0.0270. The zero-order chi connectivity index (χ0) is 38.1. The lowest BCUT2D eigenvalue weighted by atomic mass is 9.81. The van der Waals surface area contributed by atoms with Gasteiger partial charge in [-0.05, 0) is 62.9 Å². The van der Waals surface area contributed by atoms with Gasteiger partial charge in [0.15, 0.2) is 5.71 Å². The van der Waals surface area contributed by atoms with Crippen LogP contribution in [0.5, 0.6) is 0 Å². The Hall–Kier alpha value is -4.18. The number of hydroxylamine groups is 2.